The molecule has 1 N–H and O–H groups in total. The average Bonchev–Trinajstić information content (AvgIpc) is 3.21. The normalized spacial score (nSPS) is 15.9. The predicted octanol–water partition coefficient (Wildman–Crippen LogP) is 2.56. The largest absolute Gasteiger partial charge is 0.493 e. The summed E-state index contributed by atoms with van der Waals surface area (Å²) in [5.74, 6) is 1.60. The fourth-order valence-corrected chi connectivity index (χ4v) is 3.02. The average molecular weight is 334 g/mol. The molecule has 1 aromatic carbocycles. The molecule has 0 saturated heterocycles. The van der Waals surface area contributed by atoms with Crippen LogP contribution in [0.4, 0.5) is 0 Å². The Morgan fingerprint density at radius 2 is 2.12 bits per heavy atom. The van der Waals surface area contributed by atoms with Gasteiger partial charge in [0.1, 0.15) is 11.4 Å². The van der Waals surface area contributed by atoms with Crippen LogP contribution in [0.1, 0.15) is 28.4 Å². The highest BCUT2D eigenvalue weighted by Crippen LogP contribution is 2.32. The smallest absolute Gasteiger partial charge is 0.269 e. The molecule has 0 saturated carbocycles. The maximum Gasteiger partial charge on any atom is 0.269 e. The first kappa shape index (κ1) is 15.4. The van der Waals surface area contributed by atoms with E-state index in [1.807, 2.05) is 36.4 Å². The Kier molecular flexibility index (Phi) is 4.16. The number of pyridine rings is 1. The number of nitrogens with one attached hydrogen (secondary N) is 1. The number of carbonyl (C=O) groups is 1. The Morgan fingerprint density at radius 1 is 1.20 bits per heavy atom. The number of hydrogen-bond acceptors (Lipinski definition) is 4. The summed E-state index contributed by atoms with van der Waals surface area (Å²) in [6.45, 7) is 1.23. The van der Waals surface area contributed by atoms with Crippen LogP contribution in [0.5, 0.6) is 5.75 Å². The molecule has 3 heterocycles. The standard InChI is InChI=1S/C19H18N4O2/c24-19(16-6-3-8-18(22-16)23-11-4-10-21-23)20-13-14-9-12-25-17-7-2-1-5-15(14)17/h1-8,10-11,14H,9,12-13H2,(H,20,24). The van der Waals surface area contributed by atoms with Gasteiger partial charge in [0.25, 0.3) is 5.91 Å². The zero-order valence-corrected chi connectivity index (χ0v) is 13.6. The maximum absolute atomic E-state index is 12.5. The number of benzene rings is 1. The van der Waals surface area contributed by atoms with Crippen molar-refractivity contribution in [2.75, 3.05) is 13.2 Å². The highest BCUT2D eigenvalue weighted by atomic mass is 16.5. The highest BCUT2D eigenvalue weighted by Gasteiger charge is 2.22. The van der Waals surface area contributed by atoms with Crippen molar-refractivity contribution in [2.45, 2.75) is 12.3 Å². The SMILES string of the molecule is O=C(NCC1CCOc2ccccc21)c1cccc(-n2cccn2)n1. The summed E-state index contributed by atoms with van der Waals surface area (Å²) in [7, 11) is 0. The van der Waals surface area contributed by atoms with Gasteiger partial charge < -0.3 is 10.1 Å². The van der Waals surface area contributed by atoms with Crippen molar-refractivity contribution in [3.05, 3.63) is 72.2 Å². The first-order chi connectivity index (χ1) is 12.3. The zero-order valence-electron chi connectivity index (χ0n) is 13.6. The van der Waals surface area contributed by atoms with Crippen LogP contribution in [0.25, 0.3) is 5.82 Å². The third kappa shape index (κ3) is 3.24. The topological polar surface area (TPSA) is 69.0 Å². The van der Waals surface area contributed by atoms with Crippen molar-refractivity contribution in [1.82, 2.24) is 20.1 Å². The number of para-hydroxylation sites is 1. The van der Waals surface area contributed by atoms with E-state index in [0.29, 0.717) is 24.7 Å². The molecule has 0 bridgehead atoms. The lowest BCUT2D eigenvalue weighted by Crippen LogP contribution is -2.31. The molecular formula is C19H18N4O2. The maximum atomic E-state index is 12.5. The van der Waals surface area contributed by atoms with E-state index >= 15 is 0 Å². The summed E-state index contributed by atoms with van der Waals surface area (Å²) in [5, 5.41) is 7.14. The third-order valence-corrected chi connectivity index (χ3v) is 4.30. The van der Waals surface area contributed by atoms with Crippen LogP contribution < -0.4 is 10.1 Å². The van der Waals surface area contributed by atoms with Gasteiger partial charge in [0.2, 0.25) is 0 Å². The highest BCUT2D eigenvalue weighted by molar-refractivity contribution is 5.92. The lowest BCUT2D eigenvalue weighted by molar-refractivity contribution is 0.0943. The van der Waals surface area contributed by atoms with Gasteiger partial charge in [-0.2, -0.15) is 5.10 Å². The monoisotopic (exact) mass is 334 g/mol. The van der Waals surface area contributed by atoms with E-state index in [-0.39, 0.29) is 11.8 Å². The first-order valence-electron chi connectivity index (χ1n) is 8.28. The lowest BCUT2D eigenvalue weighted by atomic mass is 9.93. The second-order valence-corrected chi connectivity index (χ2v) is 5.91. The first-order valence-corrected chi connectivity index (χ1v) is 8.28. The van der Waals surface area contributed by atoms with Crippen molar-refractivity contribution in [3.8, 4) is 11.6 Å². The summed E-state index contributed by atoms with van der Waals surface area (Å²) in [6.07, 6.45) is 4.36. The second kappa shape index (κ2) is 6.76. The summed E-state index contributed by atoms with van der Waals surface area (Å²) < 4.78 is 7.30. The Balaban J connectivity index is 1.46. The molecule has 25 heavy (non-hydrogen) atoms. The van der Waals surface area contributed by atoms with E-state index < -0.39 is 0 Å². The number of hydrogen-bond donors (Lipinski definition) is 1. The van der Waals surface area contributed by atoms with Gasteiger partial charge in [-0.15, -0.1) is 0 Å². The van der Waals surface area contributed by atoms with Crippen LogP contribution in [0.3, 0.4) is 0 Å². The molecular weight excluding hydrogens is 316 g/mol. The molecule has 1 unspecified atom stereocenters. The van der Waals surface area contributed by atoms with Crippen LogP contribution in [0.2, 0.25) is 0 Å². The second-order valence-electron chi connectivity index (χ2n) is 5.91. The molecule has 1 amide bonds. The van der Waals surface area contributed by atoms with Crippen molar-refractivity contribution >= 4 is 5.91 Å². The minimum Gasteiger partial charge on any atom is -0.493 e. The Morgan fingerprint density at radius 3 is 3.00 bits per heavy atom. The van der Waals surface area contributed by atoms with Crippen molar-refractivity contribution < 1.29 is 9.53 Å². The third-order valence-electron chi connectivity index (χ3n) is 4.30. The number of rotatable bonds is 4. The number of aromatic nitrogens is 3. The van der Waals surface area contributed by atoms with Crippen LogP contribution in [0, 0.1) is 0 Å². The van der Waals surface area contributed by atoms with Crippen LogP contribution in [0.15, 0.2) is 60.9 Å². The Labute approximate surface area is 145 Å². The molecule has 2 aromatic heterocycles. The van der Waals surface area contributed by atoms with Crippen molar-refractivity contribution in [3.63, 3.8) is 0 Å². The number of fused-ring (bicyclic) bond motifs is 1. The molecule has 0 fully saturated rings. The fraction of sp³-hybridized carbons (Fsp3) is 0.211. The number of carbonyl (C=O) groups excluding carboxylic acids is 1. The van der Waals surface area contributed by atoms with Crippen LogP contribution in [-0.4, -0.2) is 33.8 Å². The molecule has 3 aromatic rings. The van der Waals surface area contributed by atoms with E-state index in [4.69, 9.17) is 4.74 Å². The predicted molar refractivity (Wildman–Crippen MR) is 93.0 cm³/mol. The molecule has 1 aliphatic heterocycles. The van der Waals surface area contributed by atoms with Gasteiger partial charge in [-0.1, -0.05) is 24.3 Å². The molecule has 6 heteroatoms. The van der Waals surface area contributed by atoms with Crippen LogP contribution >= 0.6 is 0 Å². The molecule has 0 radical (unpaired) electrons. The van der Waals surface area contributed by atoms with Crippen molar-refractivity contribution in [1.29, 1.82) is 0 Å². The van der Waals surface area contributed by atoms with E-state index in [1.165, 1.54) is 0 Å². The number of nitrogens with zero attached hydrogens (tertiary/aromatic N) is 3. The van der Waals surface area contributed by atoms with Gasteiger partial charge in [-0.05, 0) is 36.2 Å². The lowest BCUT2D eigenvalue weighted by Gasteiger charge is -2.25. The van der Waals surface area contributed by atoms with E-state index in [9.17, 15) is 4.79 Å². The van der Waals surface area contributed by atoms with E-state index in [0.717, 1.165) is 17.7 Å². The molecule has 126 valence electrons. The van der Waals surface area contributed by atoms with Gasteiger partial charge >= 0.3 is 0 Å². The fourth-order valence-electron chi connectivity index (χ4n) is 3.02. The molecule has 1 atom stereocenters. The van der Waals surface area contributed by atoms with Gasteiger partial charge in [-0.3, -0.25) is 4.79 Å². The summed E-state index contributed by atoms with van der Waals surface area (Å²) in [5.41, 5.74) is 1.53. The van der Waals surface area contributed by atoms with Gasteiger partial charge in [0.15, 0.2) is 5.82 Å². The summed E-state index contributed by atoms with van der Waals surface area (Å²) >= 11 is 0. The molecule has 1 aliphatic rings. The van der Waals surface area contributed by atoms with Crippen LogP contribution in [-0.2, 0) is 0 Å². The Hall–Kier alpha value is -3.15. The van der Waals surface area contributed by atoms with E-state index in [1.54, 1.807) is 23.1 Å². The molecule has 0 aliphatic carbocycles. The minimum atomic E-state index is -0.182. The van der Waals surface area contributed by atoms with Crippen molar-refractivity contribution in [2.24, 2.45) is 0 Å². The molecule has 0 spiro atoms. The van der Waals surface area contributed by atoms with E-state index in [2.05, 4.69) is 21.5 Å². The summed E-state index contributed by atoms with van der Waals surface area (Å²) in [4.78, 5) is 16.9. The van der Waals surface area contributed by atoms with Gasteiger partial charge in [-0.25, -0.2) is 9.67 Å². The van der Waals surface area contributed by atoms with Gasteiger partial charge in [0, 0.05) is 24.9 Å². The minimum absolute atomic E-state index is 0.182. The number of ether oxygens (including phenoxy) is 1. The quantitative estimate of drug-likeness (QED) is 0.796. The number of amides is 1. The summed E-state index contributed by atoms with van der Waals surface area (Å²) in [6, 6.07) is 15.1. The molecule has 6 nitrogen and oxygen atoms in total. The van der Waals surface area contributed by atoms with Gasteiger partial charge in [0.05, 0.1) is 6.61 Å². The zero-order chi connectivity index (χ0) is 17.1. The molecule has 4 rings (SSSR count). The Bertz CT molecular complexity index is 877.